The van der Waals surface area contributed by atoms with E-state index in [2.05, 4.69) is 27.3 Å². The number of fused-ring (bicyclic) bond motifs is 1. The van der Waals surface area contributed by atoms with Crippen LogP contribution in [0.4, 0.5) is 5.82 Å². The summed E-state index contributed by atoms with van der Waals surface area (Å²) in [6.07, 6.45) is 8.37. The van der Waals surface area contributed by atoms with E-state index in [1.807, 2.05) is 6.07 Å². The van der Waals surface area contributed by atoms with Gasteiger partial charge in [-0.05, 0) is 79.5 Å². The molecule has 1 atom stereocenters. The van der Waals surface area contributed by atoms with Gasteiger partial charge in [-0.3, -0.25) is 4.79 Å². The zero-order valence-electron chi connectivity index (χ0n) is 18.5. The first-order chi connectivity index (χ1) is 15.5. The molecule has 2 aliphatic heterocycles. The Morgan fingerprint density at radius 1 is 1.25 bits per heavy atom. The third kappa shape index (κ3) is 4.44. The van der Waals surface area contributed by atoms with Crippen molar-refractivity contribution in [3.05, 3.63) is 47.3 Å². The van der Waals surface area contributed by atoms with Gasteiger partial charge in [0.15, 0.2) is 0 Å². The summed E-state index contributed by atoms with van der Waals surface area (Å²) in [6, 6.07) is 7.78. The summed E-state index contributed by atoms with van der Waals surface area (Å²) >= 11 is 0. The number of hydrogen-bond donors (Lipinski definition) is 3. The highest BCUT2D eigenvalue weighted by Gasteiger charge is 2.53. The lowest BCUT2D eigenvalue weighted by Gasteiger charge is -2.61. The molecule has 3 aliphatic rings. The van der Waals surface area contributed by atoms with Crippen molar-refractivity contribution in [2.45, 2.75) is 50.9 Å². The molecule has 7 heteroatoms. The molecule has 2 aromatic heterocycles. The van der Waals surface area contributed by atoms with E-state index in [-0.39, 0.29) is 18.2 Å². The summed E-state index contributed by atoms with van der Waals surface area (Å²) in [5.41, 5.74) is 3.82. The fraction of sp³-hybridized carbons (Fsp3) is 0.560. The average molecular weight is 437 g/mol. The normalized spacial score (nSPS) is 20.6. The Bertz CT molecular complexity index is 964. The minimum absolute atomic E-state index is 0.0237. The molecule has 1 unspecified atom stereocenters. The molecule has 1 saturated heterocycles. The van der Waals surface area contributed by atoms with E-state index in [1.54, 1.807) is 12.3 Å². The van der Waals surface area contributed by atoms with Crippen LogP contribution in [-0.2, 0) is 17.6 Å². The Balaban J connectivity index is 1.08. The van der Waals surface area contributed by atoms with E-state index in [9.17, 15) is 15.0 Å². The molecule has 5 rings (SSSR count). The molecule has 0 radical (unpaired) electrons. The topological polar surface area (TPSA) is 98.6 Å². The first kappa shape index (κ1) is 21.2. The van der Waals surface area contributed by atoms with Gasteiger partial charge in [0.05, 0.1) is 6.42 Å². The van der Waals surface area contributed by atoms with Gasteiger partial charge >= 0.3 is 5.97 Å². The quantitative estimate of drug-likeness (QED) is 0.583. The fourth-order valence-electron chi connectivity index (χ4n) is 6.01. The third-order valence-corrected chi connectivity index (χ3v) is 7.53. The standard InChI is InChI=1S/C25H32N4O3/c30-22-8-6-18(14-27-22)21(11-23(31)32)19-12-25(13-19)15-29(16-25)10-2-4-20-7-5-17-3-1-9-26-24(17)28-20/h5-8,14,19,21H,1-4,9-13,15-16H2,(H,26,28)(H,27,30)(H,31,32). The van der Waals surface area contributed by atoms with Gasteiger partial charge < -0.3 is 20.4 Å². The predicted octanol–water partition coefficient (Wildman–Crippen LogP) is 3.44. The first-order valence-electron chi connectivity index (χ1n) is 11.8. The number of aromatic hydroxyl groups is 1. The Kier molecular flexibility index (Phi) is 5.76. The van der Waals surface area contributed by atoms with Crippen molar-refractivity contribution in [2.24, 2.45) is 11.3 Å². The Morgan fingerprint density at radius 2 is 2.09 bits per heavy atom. The van der Waals surface area contributed by atoms with Crippen LogP contribution in [0.3, 0.4) is 0 Å². The zero-order chi connectivity index (χ0) is 22.1. The number of hydrogen-bond acceptors (Lipinski definition) is 6. The van der Waals surface area contributed by atoms with Crippen LogP contribution in [0.25, 0.3) is 0 Å². The van der Waals surface area contributed by atoms with Crippen LogP contribution < -0.4 is 5.32 Å². The van der Waals surface area contributed by atoms with E-state index >= 15 is 0 Å². The van der Waals surface area contributed by atoms with Crippen molar-refractivity contribution in [2.75, 3.05) is 31.5 Å². The van der Waals surface area contributed by atoms with Crippen molar-refractivity contribution in [3.63, 3.8) is 0 Å². The van der Waals surface area contributed by atoms with Crippen LogP contribution in [0.2, 0.25) is 0 Å². The van der Waals surface area contributed by atoms with Crippen molar-refractivity contribution < 1.29 is 15.0 Å². The molecule has 0 aromatic carbocycles. The molecule has 1 aliphatic carbocycles. The van der Waals surface area contributed by atoms with Crippen LogP contribution in [0.5, 0.6) is 5.88 Å². The van der Waals surface area contributed by atoms with Gasteiger partial charge in [0.1, 0.15) is 5.82 Å². The maximum absolute atomic E-state index is 11.4. The van der Waals surface area contributed by atoms with Gasteiger partial charge in [0.25, 0.3) is 0 Å². The molecular weight excluding hydrogens is 404 g/mol. The number of carbonyl (C=O) groups is 1. The largest absolute Gasteiger partial charge is 0.493 e. The number of anilines is 1. The second kappa shape index (κ2) is 8.70. The van der Waals surface area contributed by atoms with E-state index < -0.39 is 5.97 Å². The minimum Gasteiger partial charge on any atom is -0.493 e. The van der Waals surface area contributed by atoms with Crippen LogP contribution in [0.15, 0.2) is 30.5 Å². The van der Waals surface area contributed by atoms with Gasteiger partial charge in [-0.15, -0.1) is 0 Å². The van der Waals surface area contributed by atoms with E-state index in [0.29, 0.717) is 11.3 Å². The number of nitrogens with one attached hydrogen (secondary N) is 1. The summed E-state index contributed by atoms with van der Waals surface area (Å²) in [6.45, 7) is 4.36. The molecule has 32 heavy (non-hydrogen) atoms. The Labute approximate surface area is 188 Å². The van der Waals surface area contributed by atoms with Gasteiger partial charge in [0, 0.05) is 37.6 Å². The monoisotopic (exact) mass is 436 g/mol. The summed E-state index contributed by atoms with van der Waals surface area (Å²) in [7, 11) is 0. The number of carboxylic acid groups (broad SMARTS) is 1. The summed E-state index contributed by atoms with van der Waals surface area (Å²) in [4.78, 5) is 22.7. The summed E-state index contributed by atoms with van der Waals surface area (Å²) in [5, 5.41) is 22.2. The van der Waals surface area contributed by atoms with Crippen LogP contribution >= 0.6 is 0 Å². The summed E-state index contributed by atoms with van der Waals surface area (Å²) < 4.78 is 0. The minimum atomic E-state index is -0.773. The maximum atomic E-state index is 11.4. The highest BCUT2D eigenvalue weighted by molar-refractivity contribution is 5.68. The number of aryl methyl sites for hydroxylation is 2. The molecule has 3 N–H and O–H groups in total. The van der Waals surface area contributed by atoms with Crippen LogP contribution in [-0.4, -0.2) is 57.2 Å². The number of carboxylic acids is 1. The number of likely N-dealkylation sites (tertiary alicyclic amines) is 1. The molecule has 1 spiro atoms. The Morgan fingerprint density at radius 3 is 2.84 bits per heavy atom. The second-order valence-corrected chi connectivity index (χ2v) is 9.98. The van der Waals surface area contributed by atoms with Crippen molar-refractivity contribution in [1.82, 2.24) is 14.9 Å². The molecule has 2 aromatic rings. The predicted molar refractivity (Wildman–Crippen MR) is 122 cm³/mol. The summed E-state index contributed by atoms with van der Waals surface area (Å²) in [5.74, 6) is 0.641. The van der Waals surface area contributed by atoms with Crippen LogP contribution in [0.1, 0.15) is 54.8 Å². The number of rotatable bonds is 8. The van der Waals surface area contributed by atoms with Crippen LogP contribution in [0, 0.1) is 11.3 Å². The molecule has 0 bridgehead atoms. The average Bonchev–Trinajstić information content (AvgIpc) is 2.73. The number of nitrogens with zero attached hydrogens (tertiary/aromatic N) is 3. The van der Waals surface area contributed by atoms with Gasteiger partial charge in [-0.2, -0.15) is 0 Å². The highest BCUT2D eigenvalue weighted by atomic mass is 16.4. The lowest BCUT2D eigenvalue weighted by atomic mass is 9.53. The fourth-order valence-corrected chi connectivity index (χ4v) is 6.01. The lowest BCUT2D eigenvalue weighted by molar-refractivity contribution is -0.140. The van der Waals surface area contributed by atoms with Crippen molar-refractivity contribution >= 4 is 11.8 Å². The van der Waals surface area contributed by atoms with Crippen molar-refractivity contribution in [3.8, 4) is 5.88 Å². The van der Waals surface area contributed by atoms with E-state index in [1.165, 1.54) is 17.7 Å². The highest BCUT2D eigenvalue weighted by Crippen LogP contribution is 2.56. The number of pyridine rings is 2. The molecule has 170 valence electrons. The van der Waals surface area contributed by atoms with E-state index in [0.717, 1.165) is 69.7 Å². The third-order valence-electron chi connectivity index (χ3n) is 7.53. The van der Waals surface area contributed by atoms with Crippen molar-refractivity contribution in [1.29, 1.82) is 0 Å². The first-order valence-corrected chi connectivity index (χ1v) is 11.8. The molecule has 2 fully saturated rings. The lowest BCUT2D eigenvalue weighted by Crippen LogP contribution is -2.62. The molecule has 7 nitrogen and oxygen atoms in total. The van der Waals surface area contributed by atoms with E-state index in [4.69, 9.17) is 4.98 Å². The molecular formula is C25H32N4O3. The molecule has 4 heterocycles. The smallest absolute Gasteiger partial charge is 0.303 e. The number of aliphatic carboxylic acids is 1. The Hall–Kier alpha value is -2.67. The maximum Gasteiger partial charge on any atom is 0.303 e. The van der Waals surface area contributed by atoms with Gasteiger partial charge in [0.2, 0.25) is 5.88 Å². The van der Waals surface area contributed by atoms with Gasteiger partial charge in [-0.25, -0.2) is 9.97 Å². The molecule has 1 saturated carbocycles. The second-order valence-electron chi connectivity index (χ2n) is 9.98. The zero-order valence-corrected chi connectivity index (χ0v) is 18.5. The number of aromatic nitrogens is 2. The van der Waals surface area contributed by atoms with Gasteiger partial charge in [-0.1, -0.05) is 12.1 Å². The SMILES string of the molecule is O=C(O)CC(c1ccc(O)nc1)C1CC2(C1)CN(CCCc1ccc3c(n1)NCCC3)C2. The molecule has 0 amide bonds.